The molecule has 120 valence electrons. The van der Waals surface area contributed by atoms with E-state index in [1.54, 1.807) is 4.57 Å². The van der Waals surface area contributed by atoms with Crippen LogP contribution in [-0.2, 0) is 16.3 Å². The number of nitrogens with two attached hydrogens (primary N) is 1. The summed E-state index contributed by atoms with van der Waals surface area (Å²) >= 11 is 0. The van der Waals surface area contributed by atoms with Crippen molar-refractivity contribution >= 4 is 25.7 Å². The molecule has 1 aliphatic heterocycles. The van der Waals surface area contributed by atoms with Gasteiger partial charge in [0.15, 0.2) is 11.2 Å². The molecule has 1 aliphatic rings. The van der Waals surface area contributed by atoms with Crippen LogP contribution in [0.2, 0.25) is 0 Å². The molecule has 22 heavy (non-hydrogen) atoms. The summed E-state index contributed by atoms with van der Waals surface area (Å²) in [6, 6.07) is 0. The van der Waals surface area contributed by atoms with Crippen LogP contribution < -0.4 is 11.3 Å². The van der Waals surface area contributed by atoms with E-state index in [4.69, 9.17) is 24.8 Å². The Morgan fingerprint density at radius 1 is 1.55 bits per heavy atom. The van der Waals surface area contributed by atoms with Crippen molar-refractivity contribution in [3.8, 4) is 0 Å². The maximum absolute atomic E-state index is 12.1. The minimum Gasteiger partial charge on any atom is -0.369 e. The minimum atomic E-state index is -2.39. The summed E-state index contributed by atoms with van der Waals surface area (Å²) in [5.74, 6) is 0.100. The summed E-state index contributed by atoms with van der Waals surface area (Å²) in [5, 5.41) is 0. The minimum absolute atomic E-state index is 0.0964. The van der Waals surface area contributed by atoms with E-state index in [1.165, 1.54) is 17.9 Å². The van der Waals surface area contributed by atoms with Gasteiger partial charge in [0, 0.05) is 7.05 Å². The monoisotopic (exact) mass is 329 g/mol. The van der Waals surface area contributed by atoms with Crippen LogP contribution >= 0.6 is 8.60 Å². The number of aromatic nitrogens is 4. The van der Waals surface area contributed by atoms with Crippen LogP contribution in [0.4, 0.5) is 5.95 Å². The number of ether oxygens (including phenoxy) is 1. The summed E-state index contributed by atoms with van der Waals surface area (Å²) in [4.78, 5) is 37.9. The summed E-state index contributed by atoms with van der Waals surface area (Å²) in [7, 11) is -0.856. The van der Waals surface area contributed by atoms with Crippen LogP contribution in [0.1, 0.15) is 19.1 Å². The van der Waals surface area contributed by atoms with E-state index >= 15 is 0 Å². The Kier molecular flexibility index (Phi) is 4.11. The number of nitrogen functional groups attached to an aromatic ring is 1. The van der Waals surface area contributed by atoms with Crippen LogP contribution in [0.5, 0.6) is 0 Å². The van der Waals surface area contributed by atoms with Gasteiger partial charge in [0.25, 0.3) is 5.56 Å². The van der Waals surface area contributed by atoms with Crippen molar-refractivity contribution in [2.45, 2.75) is 25.2 Å². The van der Waals surface area contributed by atoms with Crippen LogP contribution in [0.25, 0.3) is 11.2 Å². The van der Waals surface area contributed by atoms with Gasteiger partial charge >= 0.3 is 8.60 Å². The molecule has 2 unspecified atom stereocenters. The molecule has 2 atom stereocenters. The Hall–Kier alpha value is -1.58. The van der Waals surface area contributed by atoms with Crippen molar-refractivity contribution in [2.24, 2.45) is 7.05 Å². The van der Waals surface area contributed by atoms with Crippen LogP contribution in [0.3, 0.4) is 0 Å². The topological polar surface area (TPSA) is 138 Å². The van der Waals surface area contributed by atoms with Crippen LogP contribution in [0, 0.1) is 0 Å². The SMILES string of the molecule is Cn1c(N)nc2c(ncn2C2CCC(COP(O)O)O2)c1=O. The third-order valence-electron chi connectivity index (χ3n) is 3.61. The molecular formula is C11H16N5O5P. The fourth-order valence-corrected chi connectivity index (χ4v) is 2.74. The van der Waals surface area contributed by atoms with Crippen molar-refractivity contribution in [1.29, 1.82) is 0 Å². The van der Waals surface area contributed by atoms with E-state index in [-0.39, 0.29) is 36.0 Å². The molecule has 0 aromatic carbocycles. The van der Waals surface area contributed by atoms with E-state index < -0.39 is 8.60 Å². The van der Waals surface area contributed by atoms with E-state index in [0.29, 0.717) is 18.5 Å². The quantitative estimate of drug-likeness (QED) is 0.645. The lowest BCUT2D eigenvalue weighted by Crippen LogP contribution is -2.22. The standard InChI is InChI=1S/C11H16N5O5P/c1-15-10(17)8-9(14-11(15)12)16(5-13-8)7-3-2-6(21-7)4-20-22(18)19/h5-7,18-19H,2-4H2,1H3,(H2,12,14). The Balaban J connectivity index is 1.85. The van der Waals surface area contributed by atoms with Gasteiger partial charge in [0.05, 0.1) is 19.0 Å². The van der Waals surface area contributed by atoms with Gasteiger partial charge in [-0.05, 0) is 12.8 Å². The van der Waals surface area contributed by atoms with Crippen LogP contribution in [0.15, 0.2) is 11.1 Å². The van der Waals surface area contributed by atoms with Gasteiger partial charge in [-0.1, -0.05) is 0 Å². The number of rotatable bonds is 4. The highest BCUT2D eigenvalue weighted by atomic mass is 31.2. The second-order valence-corrected chi connectivity index (χ2v) is 5.76. The molecule has 2 aromatic rings. The first kappa shape index (κ1) is 15.3. The lowest BCUT2D eigenvalue weighted by atomic mass is 10.2. The smallest absolute Gasteiger partial charge is 0.327 e. The van der Waals surface area contributed by atoms with Gasteiger partial charge in [0.2, 0.25) is 5.95 Å². The predicted molar refractivity (Wildman–Crippen MR) is 77.6 cm³/mol. The molecule has 0 aliphatic carbocycles. The third-order valence-corrected chi connectivity index (χ3v) is 3.99. The fraction of sp³-hybridized carbons (Fsp3) is 0.545. The first-order valence-electron chi connectivity index (χ1n) is 6.62. The van der Waals surface area contributed by atoms with Crippen LogP contribution in [-0.4, -0.2) is 41.6 Å². The summed E-state index contributed by atoms with van der Waals surface area (Å²) in [6.07, 6.45) is 2.26. The molecule has 10 nitrogen and oxygen atoms in total. The predicted octanol–water partition coefficient (Wildman–Crippen LogP) is -0.382. The maximum Gasteiger partial charge on any atom is 0.327 e. The van der Waals surface area contributed by atoms with Gasteiger partial charge in [0.1, 0.15) is 6.23 Å². The van der Waals surface area contributed by atoms with Gasteiger partial charge in [-0.2, -0.15) is 4.98 Å². The first-order valence-corrected chi connectivity index (χ1v) is 7.79. The molecular weight excluding hydrogens is 313 g/mol. The van der Waals surface area contributed by atoms with Crippen molar-refractivity contribution in [2.75, 3.05) is 12.3 Å². The zero-order valence-electron chi connectivity index (χ0n) is 11.8. The van der Waals surface area contributed by atoms with Gasteiger partial charge in [-0.25, -0.2) is 4.98 Å². The number of fused-ring (bicyclic) bond motifs is 1. The normalized spacial score (nSPS) is 22.0. The summed E-state index contributed by atoms with van der Waals surface area (Å²) in [6.45, 7) is 0.0964. The van der Waals surface area contributed by atoms with Crippen molar-refractivity contribution in [1.82, 2.24) is 19.1 Å². The molecule has 0 radical (unpaired) electrons. The van der Waals surface area contributed by atoms with Crippen molar-refractivity contribution < 1.29 is 19.0 Å². The highest BCUT2D eigenvalue weighted by Crippen LogP contribution is 2.33. The van der Waals surface area contributed by atoms with Gasteiger partial charge in [-0.3, -0.25) is 13.9 Å². The van der Waals surface area contributed by atoms with Crippen molar-refractivity contribution in [3.63, 3.8) is 0 Å². The highest BCUT2D eigenvalue weighted by Gasteiger charge is 2.29. The molecule has 0 saturated carbocycles. The molecule has 0 spiro atoms. The molecule has 3 heterocycles. The average molecular weight is 329 g/mol. The second kappa shape index (κ2) is 5.90. The van der Waals surface area contributed by atoms with E-state index in [9.17, 15) is 4.79 Å². The zero-order chi connectivity index (χ0) is 15.9. The van der Waals surface area contributed by atoms with Crippen molar-refractivity contribution in [3.05, 3.63) is 16.7 Å². The Morgan fingerprint density at radius 2 is 2.32 bits per heavy atom. The number of imidazole rings is 1. The van der Waals surface area contributed by atoms with E-state index in [1.807, 2.05) is 0 Å². The summed E-state index contributed by atoms with van der Waals surface area (Å²) < 4.78 is 13.4. The molecule has 1 fully saturated rings. The molecule has 2 aromatic heterocycles. The molecule has 0 bridgehead atoms. The average Bonchev–Trinajstić information content (AvgIpc) is 3.09. The lowest BCUT2D eigenvalue weighted by molar-refractivity contribution is -0.0176. The third kappa shape index (κ3) is 2.71. The Labute approximate surface area is 126 Å². The fourth-order valence-electron chi connectivity index (χ4n) is 2.44. The number of hydrogen-bond donors (Lipinski definition) is 3. The largest absolute Gasteiger partial charge is 0.369 e. The molecule has 4 N–H and O–H groups in total. The van der Waals surface area contributed by atoms with Gasteiger partial charge in [-0.15, -0.1) is 0 Å². The zero-order valence-corrected chi connectivity index (χ0v) is 12.7. The lowest BCUT2D eigenvalue weighted by Gasteiger charge is -2.15. The maximum atomic E-state index is 12.1. The van der Waals surface area contributed by atoms with E-state index in [0.717, 1.165) is 0 Å². The first-order chi connectivity index (χ1) is 10.5. The van der Waals surface area contributed by atoms with E-state index in [2.05, 4.69) is 9.97 Å². The molecule has 11 heteroatoms. The number of hydrogen-bond acceptors (Lipinski definition) is 8. The van der Waals surface area contributed by atoms with Gasteiger partial charge < -0.3 is 24.8 Å². The number of anilines is 1. The molecule has 0 amide bonds. The number of nitrogens with zero attached hydrogens (tertiary/aromatic N) is 4. The Morgan fingerprint density at radius 3 is 3.05 bits per heavy atom. The highest BCUT2D eigenvalue weighted by molar-refractivity contribution is 7.39. The Bertz CT molecular complexity index is 744. The second-order valence-electron chi connectivity index (χ2n) is 5.00. The molecule has 3 rings (SSSR count). The molecule has 1 saturated heterocycles. The summed E-state index contributed by atoms with van der Waals surface area (Å²) in [5.41, 5.74) is 6.01.